The Balaban J connectivity index is 1.28. The van der Waals surface area contributed by atoms with Crippen molar-refractivity contribution in [1.82, 2.24) is 14.9 Å². The van der Waals surface area contributed by atoms with E-state index in [1.165, 1.54) is 96.3 Å². The maximum Gasteiger partial charge on any atom is 0.251 e. The van der Waals surface area contributed by atoms with Gasteiger partial charge < -0.3 is 9.88 Å². The van der Waals surface area contributed by atoms with Crippen LogP contribution in [0.5, 0.6) is 0 Å². The molecule has 0 aliphatic carbocycles. The fraction of sp³-hybridized carbons (Fsp3) is 0.576. The first-order valence-corrected chi connectivity index (χ1v) is 15.1. The molecular formula is C33H49N3O. The number of nitrogens with one attached hydrogen (secondary N) is 1. The zero-order chi connectivity index (χ0) is 26.0. The number of rotatable bonds is 20. The number of hydrogen-bond donors (Lipinski definition) is 1. The second-order valence-electron chi connectivity index (χ2n) is 10.5. The Labute approximate surface area is 225 Å². The first-order valence-electron chi connectivity index (χ1n) is 15.1. The fourth-order valence-corrected chi connectivity index (χ4v) is 5.18. The third-order valence-corrected chi connectivity index (χ3v) is 7.41. The maximum absolute atomic E-state index is 12.5. The number of imidazole rings is 1. The Morgan fingerprint density at radius 3 is 1.78 bits per heavy atom. The van der Waals surface area contributed by atoms with E-state index in [1.807, 2.05) is 36.4 Å². The molecule has 0 atom stereocenters. The molecule has 0 spiro atoms. The van der Waals surface area contributed by atoms with Gasteiger partial charge in [0.25, 0.3) is 5.91 Å². The largest absolute Gasteiger partial charge is 0.345 e. The lowest BCUT2D eigenvalue weighted by atomic mass is 10.0. The number of carbonyl (C=O) groups excluding carboxylic acids is 1. The van der Waals surface area contributed by atoms with Crippen LogP contribution < -0.4 is 5.32 Å². The van der Waals surface area contributed by atoms with Crippen LogP contribution in [0.1, 0.15) is 126 Å². The number of amides is 1. The summed E-state index contributed by atoms with van der Waals surface area (Å²) in [6.45, 7) is 3.69. The summed E-state index contributed by atoms with van der Waals surface area (Å²) in [5, 5.41) is 3.05. The van der Waals surface area contributed by atoms with Gasteiger partial charge in [-0.3, -0.25) is 4.79 Å². The Morgan fingerprint density at radius 2 is 1.19 bits per heavy atom. The van der Waals surface area contributed by atoms with Gasteiger partial charge in [-0.15, -0.1) is 0 Å². The van der Waals surface area contributed by atoms with Gasteiger partial charge in [0.05, 0.1) is 17.6 Å². The monoisotopic (exact) mass is 503 g/mol. The molecular weight excluding hydrogens is 454 g/mol. The predicted molar refractivity (Wildman–Crippen MR) is 157 cm³/mol. The molecule has 0 bridgehead atoms. The lowest BCUT2D eigenvalue weighted by molar-refractivity contribution is 0.0949. The van der Waals surface area contributed by atoms with Crippen molar-refractivity contribution in [3.05, 3.63) is 66.0 Å². The zero-order valence-electron chi connectivity index (χ0n) is 23.2. The number of aryl methyl sites for hydroxylation is 1. The van der Waals surface area contributed by atoms with Crippen LogP contribution in [-0.2, 0) is 13.1 Å². The minimum absolute atomic E-state index is 0.0541. The molecule has 2 aromatic carbocycles. The van der Waals surface area contributed by atoms with E-state index in [0.29, 0.717) is 12.1 Å². The molecule has 0 aliphatic heterocycles. The molecule has 4 heteroatoms. The van der Waals surface area contributed by atoms with E-state index >= 15 is 0 Å². The van der Waals surface area contributed by atoms with E-state index in [0.717, 1.165) is 29.8 Å². The van der Waals surface area contributed by atoms with E-state index < -0.39 is 0 Å². The number of hydrogen-bond acceptors (Lipinski definition) is 2. The summed E-state index contributed by atoms with van der Waals surface area (Å²) >= 11 is 0. The Bertz CT molecular complexity index is 1010. The normalized spacial score (nSPS) is 11.3. The highest BCUT2D eigenvalue weighted by atomic mass is 16.1. The van der Waals surface area contributed by atoms with Gasteiger partial charge in [-0.25, -0.2) is 4.98 Å². The Hall–Kier alpha value is -2.62. The summed E-state index contributed by atoms with van der Waals surface area (Å²) < 4.78 is 2.30. The standard InChI is InChI=1S/C33H49N3O/c1-2-3-4-5-6-7-8-9-10-11-12-13-14-15-16-22-27-36-31-26-21-20-25-30(31)35-32(36)28-34-33(37)29-23-18-17-19-24-29/h17-21,23-26H,2-16,22,27-28H2,1H3,(H,34,37). The molecule has 1 N–H and O–H groups in total. The molecule has 0 fully saturated rings. The van der Waals surface area contributed by atoms with Crippen molar-refractivity contribution in [1.29, 1.82) is 0 Å². The summed E-state index contributed by atoms with van der Waals surface area (Å²) in [7, 11) is 0. The number of fused-ring (bicyclic) bond motifs is 1. The topological polar surface area (TPSA) is 46.9 Å². The maximum atomic E-state index is 12.5. The van der Waals surface area contributed by atoms with Gasteiger partial charge in [0.15, 0.2) is 0 Å². The molecule has 0 aliphatic rings. The first-order chi connectivity index (χ1) is 18.3. The third-order valence-electron chi connectivity index (χ3n) is 7.41. The number of nitrogens with zero attached hydrogens (tertiary/aromatic N) is 2. The average molecular weight is 504 g/mol. The molecule has 0 unspecified atom stereocenters. The van der Waals surface area contributed by atoms with Crippen LogP contribution in [0.25, 0.3) is 11.0 Å². The van der Waals surface area contributed by atoms with Crippen molar-refractivity contribution < 1.29 is 4.79 Å². The van der Waals surface area contributed by atoms with Crippen LogP contribution in [0.4, 0.5) is 0 Å². The van der Waals surface area contributed by atoms with E-state index in [1.54, 1.807) is 0 Å². The van der Waals surface area contributed by atoms with Crippen molar-refractivity contribution in [3.8, 4) is 0 Å². The Kier molecular flexibility index (Phi) is 13.9. The highest BCUT2D eigenvalue weighted by molar-refractivity contribution is 5.94. The molecule has 0 radical (unpaired) electrons. The van der Waals surface area contributed by atoms with Crippen LogP contribution in [0.2, 0.25) is 0 Å². The van der Waals surface area contributed by atoms with Crippen LogP contribution in [0.3, 0.4) is 0 Å². The predicted octanol–water partition coefficient (Wildman–Crippen LogP) is 9.23. The molecule has 1 heterocycles. The molecule has 3 rings (SSSR count). The summed E-state index contributed by atoms with van der Waals surface area (Å²) in [5.41, 5.74) is 2.85. The van der Waals surface area contributed by atoms with E-state index in [-0.39, 0.29) is 5.91 Å². The second-order valence-corrected chi connectivity index (χ2v) is 10.5. The van der Waals surface area contributed by atoms with E-state index in [2.05, 4.69) is 35.0 Å². The highest BCUT2D eigenvalue weighted by Crippen LogP contribution is 2.18. The number of unbranched alkanes of at least 4 members (excludes halogenated alkanes) is 15. The lowest BCUT2D eigenvalue weighted by Crippen LogP contribution is -2.24. The molecule has 1 aromatic heterocycles. The number of aromatic nitrogens is 2. The average Bonchev–Trinajstić information content (AvgIpc) is 3.29. The molecule has 37 heavy (non-hydrogen) atoms. The fourth-order valence-electron chi connectivity index (χ4n) is 5.18. The summed E-state index contributed by atoms with van der Waals surface area (Å²) in [6.07, 6.45) is 22.1. The molecule has 0 saturated heterocycles. The van der Waals surface area contributed by atoms with E-state index in [9.17, 15) is 4.79 Å². The molecule has 1 amide bonds. The van der Waals surface area contributed by atoms with Gasteiger partial charge in [-0.2, -0.15) is 0 Å². The molecule has 0 saturated carbocycles. The van der Waals surface area contributed by atoms with Crippen molar-refractivity contribution in [2.45, 2.75) is 123 Å². The Morgan fingerprint density at radius 1 is 0.676 bits per heavy atom. The molecule has 202 valence electrons. The SMILES string of the molecule is CCCCCCCCCCCCCCCCCCn1c(CNC(=O)c2ccccc2)nc2ccccc21. The van der Waals surface area contributed by atoms with Gasteiger partial charge in [0, 0.05) is 12.1 Å². The number of carbonyl (C=O) groups is 1. The summed E-state index contributed by atoms with van der Waals surface area (Å²) in [5.74, 6) is 0.882. The quantitative estimate of drug-likeness (QED) is 0.156. The molecule has 4 nitrogen and oxygen atoms in total. The van der Waals surface area contributed by atoms with Crippen molar-refractivity contribution >= 4 is 16.9 Å². The van der Waals surface area contributed by atoms with Crippen molar-refractivity contribution in [2.75, 3.05) is 0 Å². The van der Waals surface area contributed by atoms with Crippen molar-refractivity contribution in [2.24, 2.45) is 0 Å². The van der Waals surface area contributed by atoms with Crippen LogP contribution in [-0.4, -0.2) is 15.5 Å². The van der Waals surface area contributed by atoms with E-state index in [4.69, 9.17) is 4.98 Å². The van der Waals surface area contributed by atoms with Crippen molar-refractivity contribution in [3.63, 3.8) is 0 Å². The van der Waals surface area contributed by atoms with Crippen LogP contribution >= 0.6 is 0 Å². The van der Waals surface area contributed by atoms with Crippen LogP contribution in [0, 0.1) is 0 Å². The van der Waals surface area contributed by atoms with Gasteiger partial charge in [0.2, 0.25) is 0 Å². The van der Waals surface area contributed by atoms with Gasteiger partial charge >= 0.3 is 0 Å². The summed E-state index contributed by atoms with van der Waals surface area (Å²) in [6, 6.07) is 17.7. The lowest BCUT2D eigenvalue weighted by Gasteiger charge is -2.10. The number of para-hydroxylation sites is 2. The summed E-state index contributed by atoms with van der Waals surface area (Å²) in [4.78, 5) is 17.3. The minimum atomic E-state index is -0.0541. The van der Waals surface area contributed by atoms with Crippen LogP contribution in [0.15, 0.2) is 54.6 Å². The molecule has 3 aromatic rings. The first kappa shape index (κ1) is 28.9. The highest BCUT2D eigenvalue weighted by Gasteiger charge is 2.12. The zero-order valence-corrected chi connectivity index (χ0v) is 23.2. The number of benzene rings is 2. The van der Waals surface area contributed by atoms with Gasteiger partial charge in [-0.05, 0) is 30.7 Å². The second kappa shape index (κ2) is 17.8. The smallest absolute Gasteiger partial charge is 0.251 e. The van der Waals surface area contributed by atoms with Gasteiger partial charge in [0.1, 0.15) is 5.82 Å². The minimum Gasteiger partial charge on any atom is -0.345 e. The van der Waals surface area contributed by atoms with Gasteiger partial charge in [-0.1, -0.05) is 134 Å². The third kappa shape index (κ3) is 10.7.